The summed E-state index contributed by atoms with van der Waals surface area (Å²) in [6.07, 6.45) is 15.5. The maximum absolute atomic E-state index is 13.0. The number of para-hydroxylation sites is 1. The van der Waals surface area contributed by atoms with Crippen LogP contribution in [0.15, 0.2) is 47.4 Å². The molecule has 232 valence electrons. The number of unbranched alkanes of at least 4 members (excludes halogenated alkanes) is 9. The normalized spacial score (nSPS) is 11.5. The third-order valence-corrected chi connectivity index (χ3v) is 7.96. The third kappa shape index (κ3) is 14.9. The minimum absolute atomic E-state index is 0.0158. The Morgan fingerprint density at radius 2 is 1.37 bits per heavy atom. The minimum Gasteiger partial charge on any atom is -0.744 e. The number of hydrogen-bond donors (Lipinski definition) is 1. The van der Waals surface area contributed by atoms with E-state index in [1.165, 1.54) is 81.9 Å². The van der Waals surface area contributed by atoms with E-state index in [-0.39, 0.29) is 10.8 Å². The van der Waals surface area contributed by atoms with Gasteiger partial charge in [0.15, 0.2) is 0 Å². The van der Waals surface area contributed by atoms with Gasteiger partial charge >= 0.3 is 0 Å². The van der Waals surface area contributed by atoms with Crippen LogP contribution in [0.25, 0.3) is 0 Å². The molecule has 0 bridgehead atoms. The molecule has 8 heteroatoms. The number of benzene rings is 2. The number of carbonyl (C=O) groups excluding carboxylic acids is 1. The Balaban J connectivity index is 0.000000634. The summed E-state index contributed by atoms with van der Waals surface area (Å²) in [5.41, 5.74) is 7.25. The Hall–Kier alpha value is -2.42. The van der Waals surface area contributed by atoms with Crippen molar-refractivity contribution in [2.75, 3.05) is 39.6 Å². The lowest BCUT2D eigenvalue weighted by Crippen LogP contribution is -2.54. The first-order chi connectivity index (χ1) is 19.3. The number of nitrogens with one attached hydrogen (secondary N) is 1. The average Bonchev–Trinajstić information content (AvgIpc) is 2.89. The maximum atomic E-state index is 13.0. The smallest absolute Gasteiger partial charge is 0.298 e. The van der Waals surface area contributed by atoms with Gasteiger partial charge in [-0.2, -0.15) is 5.43 Å². The van der Waals surface area contributed by atoms with Crippen LogP contribution in [0.2, 0.25) is 0 Å². The monoisotopic (exact) mass is 589 g/mol. The van der Waals surface area contributed by atoms with Crippen molar-refractivity contribution in [3.05, 3.63) is 59.2 Å². The Morgan fingerprint density at radius 1 is 0.829 bits per heavy atom. The van der Waals surface area contributed by atoms with Gasteiger partial charge in [0.2, 0.25) is 0 Å². The Kier molecular flexibility index (Phi) is 16.9. The minimum atomic E-state index is -4.27. The number of rotatable bonds is 17. The van der Waals surface area contributed by atoms with Crippen LogP contribution < -0.4 is 10.3 Å². The van der Waals surface area contributed by atoms with Gasteiger partial charge in [-0.15, -0.1) is 0 Å². The summed E-state index contributed by atoms with van der Waals surface area (Å²) < 4.78 is 31.7. The molecular weight excluding hydrogens is 534 g/mol. The van der Waals surface area contributed by atoms with E-state index in [4.69, 9.17) is 0 Å². The highest BCUT2D eigenvalue weighted by Crippen LogP contribution is 2.26. The van der Waals surface area contributed by atoms with Crippen molar-refractivity contribution >= 4 is 21.7 Å². The first-order valence-electron chi connectivity index (χ1n) is 15.3. The Labute approximate surface area is 250 Å². The SMILES string of the molecule is CCCCCCCCCCCCc1cccc(C(=O)N[N+](C)(C)CCC)c1N(C)C.Cc1ccc(S(=O)(=O)[O-])cc1. The zero-order chi connectivity index (χ0) is 30.9. The zero-order valence-corrected chi connectivity index (χ0v) is 27.5. The maximum Gasteiger partial charge on any atom is 0.298 e. The van der Waals surface area contributed by atoms with Gasteiger partial charge < -0.3 is 9.45 Å². The molecule has 41 heavy (non-hydrogen) atoms. The van der Waals surface area contributed by atoms with Crippen molar-refractivity contribution in [2.24, 2.45) is 0 Å². The van der Waals surface area contributed by atoms with Crippen molar-refractivity contribution in [1.29, 1.82) is 0 Å². The summed E-state index contributed by atoms with van der Waals surface area (Å²) in [6.45, 7) is 7.16. The van der Waals surface area contributed by atoms with E-state index < -0.39 is 10.1 Å². The van der Waals surface area contributed by atoms with E-state index >= 15 is 0 Å². The van der Waals surface area contributed by atoms with Crippen LogP contribution in [0.1, 0.15) is 106 Å². The molecule has 0 spiro atoms. The molecule has 0 aliphatic carbocycles. The van der Waals surface area contributed by atoms with Crippen LogP contribution in [0, 0.1) is 6.92 Å². The lowest BCUT2D eigenvalue weighted by Gasteiger charge is -2.30. The number of aryl methyl sites for hydroxylation is 2. The van der Waals surface area contributed by atoms with Crippen LogP contribution in [-0.2, 0) is 16.5 Å². The van der Waals surface area contributed by atoms with Gasteiger partial charge in [0.1, 0.15) is 16.7 Å². The van der Waals surface area contributed by atoms with Gasteiger partial charge in [-0.25, -0.2) is 13.0 Å². The highest BCUT2D eigenvalue weighted by Gasteiger charge is 2.23. The van der Waals surface area contributed by atoms with Crippen molar-refractivity contribution in [3.63, 3.8) is 0 Å². The average molecular weight is 590 g/mol. The number of carbonyl (C=O) groups is 1. The molecule has 0 aliphatic rings. The van der Waals surface area contributed by atoms with Crippen molar-refractivity contribution in [3.8, 4) is 0 Å². The second-order valence-electron chi connectivity index (χ2n) is 11.8. The lowest BCUT2D eigenvalue weighted by molar-refractivity contribution is -0.924. The van der Waals surface area contributed by atoms with Crippen LogP contribution in [0.3, 0.4) is 0 Å². The summed E-state index contributed by atoms with van der Waals surface area (Å²) in [5.74, 6) is 0.0158. The van der Waals surface area contributed by atoms with Gasteiger partial charge in [0, 0.05) is 14.1 Å². The second-order valence-corrected chi connectivity index (χ2v) is 13.1. The van der Waals surface area contributed by atoms with E-state index in [0.29, 0.717) is 4.59 Å². The van der Waals surface area contributed by atoms with Gasteiger partial charge in [-0.05, 0) is 49.9 Å². The van der Waals surface area contributed by atoms with Gasteiger partial charge in [0.25, 0.3) is 5.91 Å². The molecule has 0 unspecified atom stereocenters. The van der Waals surface area contributed by atoms with E-state index in [1.807, 2.05) is 47.2 Å². The summed E-state index contributed by atoms with van der Waals surface area (Å²) in [7, 11) is 3.91. The van der Waals surface area contributed by atoms with Crippen molar-refractivity contribution < 1.29 is 22.4 Å². The summed E-state index contributed by atoms with van der Waals surface area (Å²) in [5, 5.41) is 0. The van der Waals surface area contributed by atoms with Crippen LogP contribution >= 0.6 is 0 Å². The van der Waals surface area contributed by atoms with Gasteiger partial charge in [-0.1, -0.05) is 101 Å². The molecule has 0 radical (unpaired) electrons. The third-order valence-electron chi connectivity index (χ3n) is 7.11. The predicted octanol–water partition coefficient (Wildman–Crippen LogP) is 7.25. The fourth-order valence-electron chi connectivity index (χ4n) is 4.96. The summed E-state index contributed by atoms with van der Waals surface area (Å²) in [4.78, 5) is 14.9. The molecule has 0 aromatic heterocycles. The zero-order valence-electron chi connectivity index (χ0n) is 26.7. The molecule has 0 saturated heterocycles. The largest absolute Gasteiger partial charge is 0.744 e. The molecule has 0 fully saturated rings. The van der Waals surface area contributed by atoms with Crippen LogP contribution in [0.4, 0.5) is 5.69 Å². The molecule has 7 nitrogen and oxygen atoms in total. The highest BCUT2D eigenvalue weighted by atomic mass is 32.2. The van der Waals surface area contributed by atoms with E-state index in [1.54, 1.807) is 12.1 Å². The lowest BCUT2D eigenvalue weighted by atomic mass is 9.99. The number of hydrogen-bond acceptors (Lipinski definition) is 5. The fourth-order valence-corrected chi connectivity index (χ4v) is 5.43. The van der Waals surface area contributed by atoms with Crippen molar-refractivity contribution in [2.45, 2.75) is 103 Å². The molecule has 0 aliphatic heterocycles. The molecule has 1 amide bonds. The molecule has 2 rings (SSSR count). The number of nitrogens with zero attached hydrogens (tertiary/aromatic N) is 2. The van der Waals surface area contributed by atoms with Gasteiger partial charge in [0.05, 0.1) is 30.2 Å². The number of anilines is 1. The Morgan fingerprint density at radius 3 is 1.85 bits per heavy atom. The van der Waals surface area contributed by atoms with E-state index in [2.05, 4.69) is 30.2 Å². The van der Waals surface area contributed by atoms with Crippen LogP contribution in [0.5, 0.6) is 0 Å². The highest BCUT2D eigenvalue weighted by molar-refractivity contribution is 7.85. The topological polar surface area (TPSA) is 89.5 Å². The molecular formula is C33H55N3O4S. The molecule has 0 saturated carbocycles. The molecule has 2 aromatic carbocycles. The van der Waals surface area contributed by atoms with E-state index in [9.17, 15) is 17.8 Å². The fraction of sp³-hybridized carbons (Fsp3) is 0.606. The quantitative estimate of drug-likeness (QED) is 0.0909. The standard InChI is InChI=1S/C26H47N3O.C7H8O3S/c1-7-9-10-11-12-13-14-15-16-17-19-23-20-18-21-24(25(23)28(3)4)26(30)27-29(5,6)22-8-2;1-6-2-4-7(5-3-6)11(8,9)10/h18,20-21H,7-17,19,22H2,1-6H3;2-5H,1H3,(H,8,9,10). The molecule has 0 heterocycles. The molecule has 2 aromatic rings. The second kappa shape index (κ2) is 18.9. The first kappa shape index (κ1) is 36.6. The predicted molar refractivity (Wildman–Crippen MR) is 170 cm³/mol. The molecule has 0 atom stereocenters. The molecule has 1 N–H and O–H groups in total. The number of quaternary nitrogens is 1. The van der Waals surface area contributed by atoms with Gasteiger partial charge in [-0.3, -0.25) is 4.79 Å². The van der Waals surface area contributed by atoms with Crippen LogP contribution in [-0.4, -0.2) is 58.2 Å². The first-order valence-corrected chi connectivity index (χ1v) is 16.7. The van der Waals surface area contributed by atoms with Crippen molar-refractivity contribution in [1.82, 2.24) is 5.43 Å². The summed E-state index contributed by atoms with van der Waals surface area (Å²) in [6, 6.07) is 12.0. The Bertz CT molecular complexity index is 1130. The van der Waals surface area contributed by atoms with E-state index in [0.717, 1.165) is 36.2 Å². The summed E-state index contributed by atoms with van der Waals surface area (Å²) >= 11 is 0. The number of amides is 1.